The minimum absolute atomic E-state index is 0.00590. The summed E-state index contributed by atoms with van der Waals surface area (Å²) in [5.74, 6) is 0.519. The Labute approximate surface area is 94.4 Å². The first-order valence-electron chi connectivity index (χ1n) is 5.03. The van der Waals surface area contributed by atoms with Crippen LogP contribution < -0.4 is 15.8 Å². The van der Waals surface area contributed by atoms with E-state index >= 15 is 0 Å². The zero-order chi connectivity index (χ0) is 12.0. The third-order valence-corrected chi connectivity index (χ3v) is 1.56. The maximum atomic E-state index is 5.53. The number of anilines is 2. The predicted octanol–water partition coefficient (Wildman–Crippen LogP) is 0.299. The zero-order valence-corrected chi connectivity index (χ0v) is 9.73. The van der Waals surface area contributed by atoms with Gasteiger partial charge < -0.3 is 20.5 Å². The molecule has 7 nitrogen and oxygen atoms in total. The summed E-state index contributed by atoms with van der Waals surface area (Å²) < 4.78 is 10.2. The average Bonchev–Trinajstić information content (AvgIpc) is 2.16. The van der Waals surface area contributed by atoms with Crippen molar-refractivity contribution in [2.24, 2.45) is 0 Å². The number of nitrogens with two attached hydrogens (primary N) is 1. The molecule has 0 atom stereocenters. The molecular formula is C9H17N5O2. The molecule has 1 aromatic heterocycles. The molecule has 0 spiro atoms. The topological polar surface area (TPSA) is 95.2 Å². The van der Waals surface area contributed by atoms with E-state index in [0.717, 1.165) is 0 Å². The fourth-order valence-electron chi connectivity index (χ4n) is 0.980. The van der Waals surface area contributed by atoms with Gasteiger partial charge in [0.2, 0.25) is 11.9 Å². The van der Waals surface area contributed by atoms with Gasteiger partial charge in [0, 0.05) is 13.7 Å². The minimum Gasteiger partial charge on any atom is -0.461 e. The van der Waals surface area contributed by atoms with Crippen molar-refractivity contribution < 1.29 is 9.47 Å². The van der Waals surface area contributed by atoms with Crippen molar-refractivity contribution in [1.82, 2.24) is 15.0 Å². The van der Waals surface area contributed by atoms with Gasteiger partial charge in [0.05, 0.1) is 12.7 Å². The van der Waals surface area contributed by atoms with Crippen LogP contribution in [0.1, 0.15) is 13.8 Å². The molecule has 0 unspecified atom stereocenters. The first-order chi connectivity index (χ1) is 7.61. The summed E-state index contributed by atoms with van der Waals surface area (Å²) in [6, 6.07) is 0.224. The smallest absolute Gasteiger partial charge is 0.323 e. The lowest BCUT2D eigenvalue weighted by Crippen LogP contribution is -2.14. The molecule has 1 aromatic rings. The zero-order valence-electron chi connectivity index (χ0n) is 9.73. The highest BCUT2D eigenvalue weighted by Gasteiger charge is 2.06. The van der Waals surface area contributed by atoms with Crippen molar-refractivity contribution in [2.75, 3.05) is 31.3 Å². The number of nitrogen functional groups attached to an aromatic ring is 1. The van der Waals surface area contributed by atoms with Crippen molar-refractivity contribution >= 4 is 11.9 Å². The third-order valence-electron chi connectivity index (χ3n) is 1.56. The standard InChI is InChI=1S/C9H17N5O2/c1-6(2)16-9-13-7(10)12-8(14-9)11-4-5-15-3/h6H,4-5H2,1-3H3,(H3,10,11,12,13,14). The first-order valence-corrected chi connectivity index (χ1v) is 5.03. The molecule has 0 aliphatic carbocycles. The second-order valence-electron chi connectivity index (χ2n) is 3.39. The van der Waals surface area contributed by atoms with Crippen molar-refractivity contribution in [2.45, 2.75) is 20.0 Å². The number of hydrogen-bond acceptors (Lipinski definition) is 7. The highest BCUT2D eigenvalue weighted by atomic mass is 16.5. The van der Waals surface area contributed by atoms with E-state index in [9.17, 15) is 0 Å². The predicted molar refractivity (Wildman–Crippen MR) is 60.4 cm³/mol. The Bertz CT molecular complexity index is 332. The number of ether oxygens (including phenoxy) is 2. The Balaban J connectivity index is 2.65. The molecule has 0 aliphatic heterocycles. The fourth-order valence-corrected chi connectivity index (χ4v) is 0.980. The number of nitrogens with zero attached hydrogens (tertiary/aromatic N) is 3. The van der Waals surface area contributed by atoms with Crippen LogP contribution in [-0.2, 0) is 4.74 Å². The number of methoxy groups -OCH3 is 1. The third kappa shape index (κ3) is 4.26. The van der Waals surface area contributed by atoms with Crippen molar-refractivity contribution in [3.05, 3.63) is 0 Å². The van der Waals surface area contributed by atoms with Gasteiger partial charge >= 0.3 is 6.01 Å². The van der Waals surface area contributed by atoms with Crippen LogP contribution in [0, 0.1) is 0 Å². The van der Waals surface area contributed by atoms with Gasteiger partial charge in [-0.25, -0.2) is 0 Å². The molecule has 0 saturated heterocycles. The molecule has 3 N–H and O–H groups in total. The number of hydrogen-bond donors (Lipinski definition) is 2. The van der Waals surface area contributed by atoms with E-state index in [1.54, 1.807) is 7.11 Å². The van der Waals surface area contributed by atoms with Crippen molar-refractivity contribution in [3.63, 3.8) is 0 Å². The summed E-state index contributed by atoms with van der Waals surface area (Å²) in [6.45, 7) is 4.93. The van der Waals surface area contributed by atoms with Gasteiger partial charge in [-0.15, -0.1) is 0 Å². The Hall–Kier alpha value is -1.63. The van der Waals surface area contributed by atoms with Crippen LogP contribution in [-0.4, -0.2) is 41.3 Å². The van der Waals surface area contributed by atoms with Crippen LogP contribution >= 0.6 is 0 Å². The lowest BCUT2D eigenvalue weighted by Gasteiger charge is -2.09. The van der Waals surface area contributed by atoms with E-state index in [4.69, 9.17) is 15.2 Å². The maximum absolute atomic E-state index is 5.53. The minimum atomic E-state index is -0.00590. The van der Waals surface area contributed by atoms with E-state index in [1.807, 2.05) is 13.8 Å². The monoisotopic (exact) mass is 227 g/mol. The average molecular weight is 227 g/mol. The number of aromatic nitrogens is 3. The lowest BCUT2D eigenvalue weighted by molar-refractivity contribution is 0.210. The molecule has 0 aliphatic rings. The van der Waals surface area contributed by atoms with Crippen LogP contribution in [0.15, 0.2) is 0 Å². The first kappa shape index (κ1) is 12.4. The fraction of sp³-hybridized carbons (Fsp3) is 0.667. The quantitative estimate of drug-likeness (QED) is 0.675. The molecular weight excluding hydrogens is 210 g/mol. The van der Waals surface area contributed by atoms with E-state index < -0.39 is 0 Å². The summed E-state index contributed by atoms with van der Waals surface area (Å²) in [7, 11) is 1.62. The van der Waals surface area contributed by atoms with E-state index in [1.165, 1.54) is 0 Å². The molecule has 7 heteroatoms. The highest BCUT2D eigenvalue weighted by Crippen LogP contribution is 2.09. The summed E-state index contributed by atoms with van der Waals surface area (Å²) in [5, 5.41) is 2.95. The van der Waals surface area contributed by atoms with Gasteiger partial charge in [-0.3, -0.25) is 0 Å². The second kappa shape index (κ2) is 6.06. The van der Waals surface area contributed by atoms with Crippen molar-refractivity contribution in [3.8, 4) is 6.01 Å². The molecule has 0 amide bonds. The Morgan fingerprint density at radius 1 is 1.31 bits per heavy atom. The molecule has 0 radical (unpaired) electrons. The van der Waals surface area contributed by atoms with Gasteiger partial charge in [-0.2, -0.15) is 15.0 Å². The number of nitrogens with one attached hydrogen (secondary N) is 1. The van der Waals surface area contributed by atoms with Gasteiger partial charge in [-0.1, -0.05) is 0 Å². The van der Waals surface area contributed by atoms with Crippen LogP contribution in [0.5, 0.6) is 6.01 Å². The Morgan fingerprint density at radius 3 is 2.69 bits per heavy atom. The van der Waals surface area contributed by atoms with Gasteiger partial charge in [-0.05, 0) is 13.8 Å². The summed E-state index contributed by atoms with van der Waals surface area (Å²) in [5.41, 5.74) is 5.53. The summed E-state index contributed by atoms with van der Waals surface area (Å²) in [4.78, 5) is 11.8. The van der Waals surface area contributed by atoms with Crippen LogP contribution in [0.25, 0.3) is 0 Å². The molecule has 90 valence electrons. The van der Waals surface area contributed by atoms with Gasteiger partial charge in [0.25, 0.3) is 0 Å². The molecule has 1 heterocycles. The number of rotatable bonds is 6. The molecule has 0 saturated carbocycles. The van der Waals surface area contributed by atoms with E-state index in [0.29, 0.717) is 19.1 Å². The van der Waals surface area contributed by atoms with Gasteiger partial charge in [0.15, 0.2) is 0 Å². The van der Waals surface area contributed by atoms with Crippen LogP contribution in [0.4, 0.5) is 11.9 Å². The van der Waals surface area contributed by atoms with E-state index in [-0.39, 0.29) is 18.1 Å². The summed E-state index contributed by atoms with van der Waals surface area (Å²) in [6.07, 6.45) is -0.00590. The largest absolute Gasteiger partial charge is 0.461 e. The molecule has 0 bridgehead atoms. The van der Waals surface area contributed by atoms with E-state index in [2.05, 4.69) is 20.3 Å². The maximum Gasteiger partial charge on any atom is 0.323 e. The van der Waals surface area contributed by atoms with Crippen LogP contribution in [0.3, 0.4) is 0 Å². The van der Waals surface area contributed by atoms with Gasteiger partial charge in [0.1, 0.15) is 0 Å². The normalized spacial score (nSPS) is 10.5. The van der Waals surface area contributed by atoms with Crippen LogP contribution in [0.2, 0.25) is 0 Å². The summed E-state index contributed by atoms with van der Waals surface area (Å²) >= 11 is 0. The molecule has 16 heavy (non-hydrogen) atoms. The molecule has 1 rings (SSSR count). The van der Waals surface area contributed by atoms with Crippen molar-refractivity contribution in [1.29, 1.82) is 0 Å². The Morgan fingerprint density at radius 2 is 2.06 bits per heavy atom. The Kier molecular flexibility index (Phi) is 4.71. The highest BCUT2D eigenvalue weighted by molar-refractivity contribution is 5.32. The SMILES string of the molecule is COCCNc1nc(N)nc(OC(C)C)n1. The molecule has 0 fully saturated rings. The molecule has 0 aromatic carbocycles. The lowest BCUT2D eigenvalue weighted by atomic mass is 10.5. The second-order valence-corrected chi connectivity index (χ2v) is 3.39.